The van der Waals surface area contributed by atoms with E-state index in [-0.39, 0.29) is 12.5 Å². The highest BCUT2D eigenvalue weighted by atomic mass is 16.4. The molecule has 2 aromatic rings. The number of nitrogens with one attached hydrogen (secondary N) is 1. The van der Waals surface area contributed by atoms with Gasteiger partial charge in [-0.2, -0.15) is 0 Å². The van der Waals surface area contributed by atoms with Crippen LogP contribution in [-0.2, 0) is 16.0 Å². The van der Waals surface area contributed by atoms with E-state index in [9.17, 15) is 14.7 Å². The van der Waals surface area contributed by atoms with Crippen LogP contribution in [0, 0.1) is 0 Å². The van der Waals surface area contributed by atoms with Gasteiger partial charge in [0.25, 0.3) is 0 Å². The third-order valence-electron chi connectivity index (χ3n) is 3.77. The van der Waals surface area contributed by atoms with E-state index in [1.807, 2.05) is 12.1 Å². The van der Waals surface area contributed by atoms with Gasteiger partial charge in [-0.1, -0.05) is 42.5 Å². The second kappa shape index (κ2) is 7.24. The highest BCUT2D eigenvalue weighted by Gasteiger charge is 2.30. The van der Waals surface area contributed by atoms with Gasteiger partial charge in [0.15, 0.2) is 5.60 Å². The Hall–Kier alpha value is -2.40. The Kier molecular flexibility index (Phi) is 5.34. The molecule has 0 spiro atoms. The zero-order chi connectivity index (χ0) is 16.9. The largest absolute Gasteiger partial charge is 0.479 e. The number of carbonyl (C=O) groups excluding carboxylic acids is 1. The van der Waals surface area contributed by atoms with Crippen molar-refractivity contribution in [3.8, 4) is 0 Å². The molecule has 5 nitrogen and oxygen atoms in total. The summed E-state index contributed by atoms with van der Waals surface area (Å²) in [7, 11) is 0. The molecule has 1 unspecified atom stereocenters. The van der Waals surface area contributed by atoms with Crippen LogP contribution in [0.5, 0.6) is 0 Å². The molecular formula is C18H21NO4. The smallest absolute Gasteiger partial charge is 0.337 e. The van der Waals surface area contributed by atoms with Crippen molar-refractivity contribution >= 4 is 22.6 Å². The first-order chi connectivity index (χ1) is 10.9. The van der Waals surface area contributed by atoms with Crippen LogP contribution >= 0.6 is 0 Å². The third-order valence-corrected chi connectivity index (χ3v) is 3.77. The Morgan fingerprint density at radius 1 is 1.13 bits per heavy atom. The molecule has 0 saturated heterocycles. The van der Waals surface area contributed by atoms with Crippen LogP contribution in [-0.4, -0.2) is 34.2 Å². The van der Waals surface area contributed by atoms with Crippen molar-refractivity contribution in [1.29, 1.82) is 0 Å². The minimum atomic E-state index is -1.94. The first-order valence-corrected chi connectivity index (χ1v) is 7.59. The SMILES string of the molecule is CC(O)(CNC(=O)CCCc1ccc2ccccc2c1)C(=O)O. The number of aryl methyl sites for hydroxylation is 1. The van der Waals surface area contributed by atoms with Gasteiger partial charge in [0, 0.05) is 6.42 Å². The molecule has 1 amide bonds. The van der Waals surface area contributed by atoms with E-state index < -0.39 is 11.6 Å². The van der Waals surface area contributed by atoms with Crippen LogP contribution in [0.2, 0.25) is 0 Å². The van der Waals surface area contributed by atoms with Crippen molar-refractivity contribution in [2.75, 3.05) is 6.54 Å². The molecule has 0 heterocycles. The average molecular weight is 315 g/mol. The lowest BCUT2D eigenvalue weighted by Gasteiger charge is -2.18. The maximum atomic E-state index is 11.7. The van der Waals surface area contributed by atoms with Gasteiger partial charge < -0.3 is 15.5 Å². The molecule has 3 N–H and O–H groups in total. The average Bonchev–Trinajstić information content (AvgIpc) is 2.53. The molecule has 5 heteroatoms. The molecule has 2 aromatic carbocycles. The van der Waals surface area contributed by atoms with Crippen molar-refractivity contribution < 1.29 is 19.8 Å². The highest BCUT2D eigenvalue weighted by molar-refractivity contribution is 5.83. The van der Waals surface area contributed by atoms with Crippen LogP contribution in [0.15, 0.2) is 42.5 Å². The third kappa shape index (κ3) is 4.79. The summed E-state index contributed by atoms with van der Waals surface area (Å²) in [6.07, 6.45) is 1.73. The van der Waals surface area contributed by atoms with Crippen LogP contribution in [0.4, 0.5) is 0 Å². The first-order valence-electron chi connectivity index (χ1n) is 7.59. The van der Waals surface area contributed by atoms with Crippen LogP contribution in [0.3, 0.4) is 0 Å². The summed E-state index contributed by atoms with van der Waals surface area (Å²) in [4.78, 5) is 22.4. The molecule has 23 heavy (non-hydrogen) atoms. The number of aliphatic carboxylic acids is 1. The number of benzene rings is 2. The van der Waals surface area contributed by atoms with Crippen LogP contribution < -0.4 is 5.32 Å². The molecular weight excluding hydrogens is 294 g/mol. The minimum Gasteiger partial charge on any atom is -0.479 e. The summed E-state index contributed by atoms with van der Waals surface area (Å²) in [5.74, 6) is -1.61. The number of amides is 1. The zero-order valence-corrected chi connectivity index (χ0v) is 13.1. The van der Waals surface area contributed by atoms with E-state index >= 15 is 0 Å². The summed E-state index contributed by atoms with van der Waals surface area (Å²) in [5, 5.41) is 23.1. The maximum absolute atomic E-state index is 11.7. The van der Waals surface area contributed by atoms with E-state index in [0.29, 0.717) is 12.8 Å². The number of rotatable bonds is 7. The van der Waals surface area contributed by atoms with Crippen molar-refractivity contribution in [3.05, 3.63) is 48.0 Å². The van der Waals surface area contributed by atoms with Crippen LogP contribution in [0.25, 0.3) is 10.8 Å². The van der Waals surface area contributed by atoms with Gasteiger partial charge in [-0.05, 0) is 36.1 Å². The Bertz CT molecular complexity index is 709. The van der Waals surface area contributed by atoms with Crippen LogP contribution in [0.1, 0.15) is 25.3 Å². The summed E-state index contributed by atoms with van der Waals surface area (Å²) in [5.41, 5.74) is -0.775. The van der Waals surface area contributed by atoms with Crippen molar-refractivity contribution in [2.45, 2.75) is 31.8 Å². The van der Waals surface area contributed by atoms with Gasteiger partial charge >= 0.3 is 5.97 Å². The monoisotopic (exact) mass is 315 g/mol. The van der Waals surface area contributed by atoms with E-state index in [1.165, 1.54) is 10.8 Å². The molecule has 0 aromatic heterocycles. The number of carboxylic acid groups (broad SMARTS) is 1. The van der Waals surface area contributed by atoms with Crippen molar-refractivity contribution in [2.24, 2.45) is 0 Å². The lowest BCUT2D eigenvalue weighted by molar-refractivity contribution is -0.156. The molecule has 0 aliphatic heterocycles. The molecule has 0 radical (unpaired) electrons. The van der Waals surface area contributed by atoms with E-state index in [1.54, 1.807) is 0 Å². The standard InChI is InChI=1S/C18H21NO4/c1-18(23,17(21)22)12-19-16(20)8-4-5-13-9-10-14-6-2-3-7-15(14)11-13/h2-3,6-7,9-11,23H,4-5,8,12H2,1H3,(H,19,20)(H,21,22). The molecule has 0 bridgehead atoms. The van der Waals surface area contributed by atoms with E-state index in [0.717, 1.165) is 18.9 Å². The minimum absolute atomic E-state index is 0.257. The van der Waals surface area contributed by atoms with Crippen molar-refractivity contribution in [1.82, 2.24) is 5.32 Å². The fourth-order valence-corrected chi connectivity index (χ4v) is 2.28. The molecule has 2 rings (SSSR count). The predicted octanol–water partition coefficient (Wildman–Crippen LogP) is 2.11. The summed E-state index contributed by atoms with van der Waals surface area (Å²) >= 11 is 0. The topological polar surface area (TPSA) is 86.6 Å². The molecule has 0 fully saturated rings. The van der Waals surface area contributed by atoms with Gasteiger partial charge in [0.2, 0.25) is 5.91 Å². The number of fused-ring (bicyclic) bond motifs is 1. The van der Waals surface area contributed by atoms with Gasteiger partial charge in [0.1, 0.15) is 0 Å². The molecule has 1 atom stereocenters. The van der Waals surface area contributed by atoms with E-state index in [4.69, 9.17) is 5.11 Å². The highest BCUT2D eigenvalue weighted by Crippen LogP contribution is 2.17. The van der Waals surface area contributed by atoms with Gasteiger partial charge in [0.05, 0.1) is 6.54 Å². The van der Waals surface area contributed by atoms with Gasteiger partial charge in [-0.15, -0.1) is 0 Å². The number of hydrogen-bond donors (Lipinski definition) is 3. The summed E-state index contributed by atoms with van der Waals surface area (Å²) in [6, 6.07) is 14.3. The Morgan fingerprint density at radius 2 is 1.83 bits per heavy atom. The molecule has 0 aliphatic carbocycles. The fourth-order valence-electron chi connectivity index (χ4n) is 2.28. The Balaban J connectivity index is 1.79. The molecule has 0 aliphatic rings. The summed E-state index contributed by atoms with van der Waals surface area (Å²) < 4.78 is 0. The number of hydrogen-bond acceptors (Lipinski definition) is 3. The fraction of sp³-hybridized carbons (Fsp3) is 0.333. The number of aliphatic hydroxyl groups is 1. The first kappa shape index (κ1) is 17.0. The predicted molar refractivity (Wildman–Crippen MR) is 88.2 cm³/mol. The summed E-state index contributed by atoms with van der Waals surface area (Å²) in [6.45, 7) is 0.863. The second-order valence-corrected chi connectivity index (χ2v) is 5.89. The second-order valence-electron chi connectivity index (χ2n) is 5.89. The lowest BCUT2D eigenvalue weighted by atomic mass is 10.0. The molecule has 122 valence electrons. The lowest BCUT2D eigenvalue weighted by Crippen LogP contribution is -2.46. The Labute approximate surface area is 134 Å². The Morgan fingerprint density at radius 3 is 2.52 bits per heavy atom. The maximum Gasteiger partial charge on any atom is 0.337 e. The van der Waals surface area contributed by atoms with Gasteiger partial charge in [-0.3, -0.25) is 4.79 Å². The zero-order valence-electron chi connectivity index (χ0n) is 13.1. The van der Waals surface area contributed by atoms with E-state index in [2.05, 4.69) is 35.6 Å². The van der Waals surface area contributed by atoms with Gasteiger partial charge in [-0.25, -0.2) is 4.79 Å². The normalized spacial score (nSPS) is 13.5. The quantitative estimate of drug-likeness (QED) is 0.730. The molecule has 0 saturated carbocycles. The van der Waals surface area contributed by atoms with Crippen molar-refractivity contribution in [3.63, 3.8) is 0 Å². The number of carbonyl (C=O) groups is 2. The number of carboxylic acids is 1.